The molecule has 9 heteroatoms. The molecule has 0 amide bonds. The van der Waals surface area contributed by atoms with E-state index in [2.05, 4.69) is 4.18 Å². The summed E-state index contributed by atoms with van der Waals surface area (Å²) in [7, 11) is -4.80. The fourth-order valence-electron chi connectivity index (χ4n) is 4.47. The largest absolute Gasteiger partial charge is 0.507 e. The Hall–Kier alpha value is -3.17. The van der Waals surface area contributed by atoms with Crippen molar-refractivity contribution in [1.82, 2.24) is 0 Å². The molecular weight excluding hydrogens is 400 g/mol. The molecule has 2 aliphatic rings. The van der Waals surface area contributed by atoms with Gasteiger partial charge < -0.3 is 13.7 Å². The molecule has 0 fully saturated rings. The van der Waals surface area contributed by atoms with Crippen molar-refractivity contribution in [3.8, 4) is 11.5 Å². The SMILES string of the molecule is C[C@]12CCC(=O)c3coc(c31)C(=O)c1cc3c(O)ccc(OS(=O)(=O)O)c3cc12. The predicted molar refractivity (Wildman–Crippen MR) is 99.9 cm³/mol. The minimum Gasteiger partial charge on any atom is -0.507 e. The molecule has 0 saturated carbocycles. The number of carbonyl (C=O) groups is 2. The molecule has 2 N–H and O–H groups in total. The standard InChI is InChI=1S/C20H14O8S/c1-20-5-4-15(22)12-8-27-19(17(12)20)18(23)11-6-9-10(7-13(11)20)16(3-2-14(9)21)28-29(24,25)26/h2-3,6-8,21H,4-5H2,1H3,(H,24,25,26)/t20-/m1/s1. The number of hydrogen-bond acceptors (Lipinski definition) is 7. The van der Waals surface area contributed by atoms with E-state index in [4.69, 9.17) is 8.97 Å². The molecule has 2 aromatic carbocycles. The quantitative estimate of drug-likeness (QED) is 0.612. The molecule has 1 heterocycles. The molecule has 1 atom stereocenters. The summed E-state index contributed by atoms with van der Waals surface area (Å²) < 4.78 is 41.7. The smallest absolute Gasteiger partial charge is 0.446 e. The van der Waals surface area contributed by atoms with E-state index in [-0.39, 0.29) is 40.2 Å². The highest BCUT2D eigenvalue weighted by Gasteiger charge is 2.48. The first-order valence-electron chi connectivity index (χ1n) is 8.77. The zero-order chi connectivity index (χ0) is 20.7. The van der Waals surface area contributed by atoms with Crippen molar-refractivity contribution in [3.05, 3.63) is 58.5 Å². The van der Waals surface area contributed by atoms with Crippen molar-refractivity contribution in [3.63, 3.8) is 0 Å². The molecule has 1 aromatic heterocycles. The second-order valence-electron chi connectivity index (χ2n) is 7.48. The molecule has 0 spiro atoms. The van der Waals surface area contributed by atoms with E-state index < -0.39 is 21.6 Å². The Morgan fingerprint density at radius 1 is 1.14 bits per heavy atom. The summed E-state index contributed by atoms with van der Waals surface area (Å²) in [5.74, 6) is -0.793. The summed E-state index contributed by atoms with van der Waals surface area (Å²) in [4.78, 5) is 25.4. The van der Waals surface area contributed by atoms with E-state index in [1.807, 2.05) is 6.92 Å². The molecule has 5 rings (SSSR count). The van der Waals surface area contributed by atoms with Gasteiger partial charge in [-0.25, -0.2) is 0 Å². The molecule has 148 valence electrons. The van der Waals surface area contributed by atoms with Gasteiger partial charge in [-0.15, -0.1) is 0 Å². The van der Waals surface area contributed by atoms with Crippen LogP contribution < -0.4 is 4.18 Å². The van der Waals surface area contributed by atoms with Crippen molar-refractivity contribution < 1.29 is 36.3 Å². The lowest BCUT2D eigenvalue weighted by molar-refractivity contribution is 0.0958. The number of fused-ring (bicyclic) bond motifs is 3. The van der Waals surface area contributed by atoms with Crippen molar-refractivity contribution in [2.45, 2.75) is 25.2 Å². The Labute approximate surface area is 164 Å². The molecule has 0 aliphatic heterocycles. The van der Waals surface area contributed by atoms with Crippen LogP contribution in [0.1, 0.15) is 57.4 Å². The number of hydrogen-bond donors (Lipinski definition) is 2. The molecular formula is C20H14O8S. The zero-order valence-electron chi connectivity index (χ0n) is 15.1. The van der Waals surface area contributed by atoms with Gasteiger partial charge in [-0.1, -0.05) is 6.92 Å². The van der Waals surface area contributed by atoms with E-state index in [9.17, 15) is 23.1 Å². The molecule has 0 radical (unpaired) electrons. The number of Topliss-reactive ketones (excluding diaryl/α,β-unsaturated/α-hetero) is 1. The molecule has 8 nitrogen and oxygen atoms in total. The van der Waals surface area contributed by atoms with Crippen LogP contribution in [0.4, 0.5) is 0 Å². The third-order valence-corrected chi connectivity index (χ3v) is 6.22. The van der Waals surface area contributed by atoms with Gasteiger partial charge in [0.25, 0.3) is 0 Å². The van der Waals surface area contributed by atoms with Gasteiger partial charge in [0.05, 0.1) is 5.56 Å². The highest BCUT2D eigenvalue weighted by molar-refractivity contribution is 7.81. The molecule has 0 saturated heterocycles. The first kappa shape index (κ1) is 17.9. The summed E-state index contributed by atoms with van der Waals surface area (Å²) in [6, 6.07) is 5.44. The third-order valence-electron chi connectivity index (χ3n) is 5.83. The average molecular weight is 414 g/mol. The fraction of sp³-hybridized carbons (Fsp3) is 0.200. The van der Waals surface area contributed by atoms with E-state index in [1.54, 1.807) is 6.07 Å². The Morgan fingerprint density at radius 3 is 2.62 bits per heavy atom. The monoisotopic (exact) mass is 414 g/mol. The van der Waals surface area contributed by atoms with E-state index in [0.717, 1.165) is 0 Å². The molecule has 3 aromatic rings. The van der Waals surface area contributed by atoms with Crippen LogP contribution in [0.25, 0.3) is 10.8 Å². The number of phenols is 1. The van der Waals surface area contributed by atoms with Gasteiger partial charge in [-0.3, -0.25) is 14.1 Å². The predicted octanol–water partition coefficient (Wildman–Crippen LogP) is 3.15. The minimum atomic E-state index is -4.80. The van der Waals surface area contributed by atoms with Crippen molar-refractivity contribution >= 4 is 32.7 Å². The lowest BCUT2D eigenvalue weighted by atomic mass is 9.62. The van der Waals surface area contributed by atoms with E-state index in [0.29, 0.717) is 28.7 Å². The average Bonchev–Trinajstić information content (AvgIpc) is 3.11. The molecule has 0 unspecified atom stereocenters. The number of furan rings is 1. The summed E-state index contributed by atoms with van der Waals surface area (Å²) in [6.07, 6.45) is 2.01. The zero-order valence-corrected chi connectivity index (χ0v) is 15.9. The minimum absolute atomic E-state index is 0.0995. The maximum atomic E-state index is 13.1. The maximum Gasteiger partial charge on any atom is 0.446 e. The van der Waals surface area contributed by atoms with Crippen LogP contribution in [0.5, 0.6) is 11.5 Å². The van der Waals surface area contributed by atoms with Gasteiger partial charge in [0, 0.05) is 33.7 Å². The topological polar surface area (TPSA) is 131 Å². The van der Waals surface area contributed by atoms with Crippen molar-refractivity contribution in [2.24, 2.45) is 0 Å². The van der Waals surface area contributed by atoms with Gasteiger partial charge in [0.15, 0.2) is 17.3 Å². The van der Waals surface area contributed by atoms with Gasteiger partial charge in [-0.2, -0.15) is 8.42 Å². The molecule has 29 heavy (non-hydrogen) atoms. The number of rotatable bonds is 2. The maximum absolute atomic E-state index is 13.1. The summed E-state index contributed by atoms with van der Waals surface area (Å²) in [5.41, 5.74) is 1.05. The third kappa shape index (κ3) is 2.37. The van der Waals surface area contributed by atoms with E-state index >= 15 is 0 Å². The molecule has 2 aliphatic carbocycles. The number of carbonyl (C=O) groups excluding carboxylic acids is 2. The Kier molecular flexibility index (Phi) is 3.37. The highest BCUT2D eigenvalue weighted by atomic mass is 32.3. The first-order valence-corrected chi connectivity index (χ1v) is 10.1. The van der Waals surface area contributed by atoms with Gasteiger partial charge >= 0.3 is 10.4 Å². The van der Waals surface area contributed by atoms with Gasteiger partial charge in [-0.05, 0) is 36.2 Å². The van der Waals surface area contributed by atoms with Crippen LogP contribution in [0, 0.1) is 0 Å². The van der Waals surface area contributed by atoms with Crippen molar-refractivity contribution in [1.29, 1.82) is 0 Å². The summed E-state index contributed by atoms with van der Waals surface area (Å²) in [6.45, 7) is 1.89. The second-order valence-corrected chi connectivity index (χ2v) is 8.50. The second kappa shape index (κ2) is 5.46. The normalized spacial score (nSPS) is 20.5. The fourth-order valence-corrected chi connectivity index (χ4v) is 4.85. The Bertz CT molecular complexity index is 1360. The van der Waals surface area contributed by atoms with Crippen LogP contribution in [0.2, 0.25) is 0 Å². The summed E-state index contributed by atoms with van der Waals surface area (Å²) >= 11 is 0. The van der Waals surface area contributed by atoms with E-state index in [1.165, 1.54) is 24.5 Å². The highest BCUT2D eigenvalue weighted by Crippen LogP contribution is 2.51. The lowest BCUT2D eigenvalue weighted by Gasteiger charge is -2.38. The van der Waals surface area contributed by atoms with Crippen molar-refractivity contribution in [2.75, 3.05) is 0 Å². The van der Waals surface area contributed by atoms with Gasteiger partial charge in [0.2, 0.25) is 5.78 Å². The first-order chi connectivity index (χ1) is 13.6. The van der Waals surface area contributed by atoms with Crippen LogP contribution >= 0.6 is 0 Å². The molecule has 0 bridgehead atoms. The number of phenolic OH excluding ortho intramolecular Hbond substituents is 1. The van der Waals surface area contributed by atoms with Crippen LogP contribution in [0.3, 0.4) is 0 Å². The van der Waals surface area contributed by atoms with Crippen LogP contribution in [0.15, 0.2) is 34.9 Å². The Balaban J connectivity index is 1.86. The number of ketones is 2. The summed E-state index contributed by atoms with van der Waals surface area (Å²) in [5, 5.41) is 10.7. The number of benzene rings is 2. The lowest BCUT2D eigenvalue weighted by Crippen LogP contribution is -2.37. The van der Waals surface area contributed by atoms with Crippen LogP contribution in [-0.4, -0.2) is 29.6 Å². The number of aromatic hydroxyl groups is 1. The Morgan fingerprint density at radius 2 is 1.90 bits per heavy atom. The van der Waals surface area contributed by atoms with Gasteiger partial charge in [0.1, 0.15) is 12.0 Å². The van der Waals surface area contributed by atoms with Crippen LogP contribution in [-0.2, 0) is 15.8 Å².